The van der Waals surface area contributed by atoms with Gasteiger partial charge in [0.25, 0.3) is 5.91 Å². The van der Waals surface area contributed by atoms with Crippen molar-refractivity contribution < 1.29 is 14.1 Å². The van der Waals surface area contributed by atoms with E-state index in [1.807, 2.05) is 36.6 Å². The molecule has 2 aromatic heterocycles. The van der Waals surface area contributed by atoms with Crippen LogP contribution in [0.3, 0.4) is 0 Å². The average Bonchev–Trinajstić information content (AvgIpc) is 3.30. The monoisotopic (exact) mass is 343 g/mol. The van der Waals surface area contributed by atoms with Crippen LogP contribution in [0.5, 0.6) is 5.75 Å². The summed E-state index contributed by atoms with van der Waals surface area (Å²) in [5.74, 6) is 1.36. The maximum absolute atomic E-state index is 12.8. The minimum absolute atomic E-state index is 0.133. The van der Waals surface area contributed by atoms with Crippen LogP contribution >= 0.6 is 11.3 Å². The lowest BCUT2D eigenvalue weighted by molar-refractivity contribution is 0.0731. The van der Waals surface area contributed by atoms with Crippen LogP contribution in [0.1, 0.15) is 23.2 Å². The van der Waals surface area contributed by atoms with E-state index in [1.165, 1.54) is 0 Å². The maximum Gasteiger partial charge on any atom is 0.258 e. The molecule has 6 nitrogen and oxygen atoms in total. The Hall–Kier alpha value is -2.67. The zero-order valence-electron chi connectivity index (χ0n) is 13.4. The number of thiophene rings is 1. The van der Waals surface area contributed by atoms with Crippen molar-refractivity contribution in [3.8, 4) is 16.5 Å². The lowest BCUT2D eigenvalue weighted by atomic mass is 10.1. The van der Waals surface area contributed by atoms with Crippen LogP contribution in [0.15, 0.2) is 46.3 Å². The lowest BCUT2D eigenvalue weighted by Crippen LogP contribution is -2.30. The fourth-order valence-corrected chi connectivity index (χ4v) is 2.96. The molecule has 0 aliphatic carbocycles. The Morgan fingerprint density at radius 3 is 2.83 bits per heavy atom. The predicted molar refractivity (Wildman–Crippen MR) is 91.0 cm³/mol. The van der Waals surface area contributed by atoms with E-state index in [0.717, 1.165) is 4.88 Å². The minimum Gasteiger partial charge on any atom is -0.496 e. The number of hydrogen-bond donors (Lipinski definition) is 0. The molecule has 0 bridgehead atoms. The number of ether oxygens (including phenoxy) is 1. The third-order valence-electron chi connectivity index (χ3n) is 3.54. The Morgan fingerprint density at radius 1 is 1.29 bits per heavy atom. The molecular weight excluding hydrogens is 326 g/mol. The highest BCUT2D eigenvalue weighted by molar-refractivity contribution is 7.13. The van der Waals surface area contributed by atoms with Crippen LogP contribution in [0.2, 0.25) is 0 Å². The van der Waals surface area contributed by atoms with Crippen molar-refractivity contribution in [2.24, 2.45) is 0 Å². The zero-order valence-corrected chi connectivity index (χ0v) is 14.2. The summed E-state index contributed by atoms with van der Waals surface area (Å²) in [4.78, 5) is 19.7. The molecule has 3 aromatic rings. The van der Waals surface area contributed by atoms with E-state index >= 15 is 0 Å². The molecule has 124 valence electrons. The van der Waals surface area contributed by atoms with E-state index in [1.54, 1.807) is 35.5 Å². The van der Waals surface area contributed by atoms with E-state index in [0.29, 0.717) is 29.6 Å². The Morgan fingerprint density at radius 2 is 2.12 bits per heavy atom. The average molecular weight is 343 g/mol. The number of hydrogen-bond acceptors (Lipinski definition) is 6. The minimum atomic E-state index is -0.133. The standard InChI is InChI=1S/C17H17N3O3S/c1-3-20(17(21)12-7-4-5-8-13(12)22-2)11-15-18-16(19-23-15)14-9-6-10-24-14/h4-10H,3,11H2,1-2H3. The summed E-state index contributed by atoms with van der Waals surface area (Å²) in [6.45, 7) is 2.68. The Bertz CT molecular complexity index is 814. The molecule has 1 amide bonds. The van der Waals surface area contributed by atoms with Crippen LogP contribution < -0.4 is 4.74 Å². The third kappa shape index (κ3) is 3.30. The van der Waals surface area contributed by atoms with Gasteiger partial charge in [0.2, 0.25) is 11.7 Å². The fraction of sp³-hybridized carbons (Fsp3) is 0.235. The number of nitrogens with zero attached hydrogens (tertiary/aromatic N) is 3. The molecule has 3 rings (SSSR count). The number of carbonyl (C=O) groups excluding carboxylic acids is 1. The lowest BCUT2D eigenvalue weighted by Gasteiger charge is -2.20. The largest absolute Gasteiger partial charge is 0.496 e. The van der Waals surface area contributed by atoms with E-state index in [4.69, 9.17) is 9.26 Å². The first-order valence-corrected chi connectivity index (χ1v) is 8.39. The molecular formula is C17H17N3O3S. The molecule has 0 aliphatic rings. The fourth-order valence-electron chi connectivity index (χ4n) is 2.31. The van der Waals surface area contributed by atoms with E-state index in [-0.39, 0.29) is 12.5 Å². The van der Waals surface area contributed by atoms with Crippen molar-refractivity contribution in [3.05, 3.63) is 53.2 Å². The molecule has 0 radical (unpaired) electrons. The smallest absolute Gasteiger partial charge is 0.258 e. The van der Waals surface area contributed by atoms with Crippen molar-refractivity contribution in [1.82, 2.24) is 15.0 Å². The van der Waals surface area contributed by atoms with E-state index in [9.17, 15) is 4.79 Å². The molecule has 0 aliphatic heterocycles. The predicted octanol–water partition coefficient (Wildman–Crippen LogP) is 3.47. The Kier molecular flexibility index (Phi) is 4.90. The number of para-hydroxylation sites is 1. The van der Waals surface area contributed by atoms with Crippen LogP contribution in [-0.2, 0) is 6.54 Å². The van der Waals surface area contributed by atoms with Crippen molar-refractivity contribution >= 4 is 17.2 Å². The van der Waals surface area contributed by atoms with Crippen LogP contribution in [0.25, 0.3) is 10.7 Å². The summed E-state index contributed by atoms with van der Waals surface area (Å²) >= 11 is 1.54. The van der Waals surface area contributed by atoms with Crippen molar-refractivity contribution in [2.75, 3.05) is 13.7 Å². The molecule has 0 spiro atoms. The van der Waals surface area contributed by atoms with E-state index in [2.05, 4.69) is 10.1 Å². The maximum atomic E-state index is 12.8. The summed E-state index contributed by atoms with van der Waals surface area (Å²) in [5.41, 5.74) is 0.514. The molecule has 2 heterocycles. The molecule has 0 fully saturated rings. The van der Waals surface area contributed by atoms with Gasteiger partial charge in [-0.1, -0.05) is 23.4 Å². The highest BCUT2D eigenvalue weighted by Gasteiger charge is 2.21. The van der Waals surface area contributed by atoms with E-state index < -0.39 is 0 Å². The van der Waals surface area contributed by atoms with Gasteiger partial charge in [0, 0.05) is 6.54 Å². The summed E-state index contributed by atoms with van der Waals surface area (Å²) in [6, 6.07) is 11.0. The summed E-state index contributed by atoms with van der Waals surface area (Å²) in [5, 5.41) is 5.93. The van der Waals surface area contributed by atoms with Gasteiger partial charge in [-0.2, -0.15) is 4.98 Å². The number of benzene rings is 1. The van der Waals surface area contributed by atoms with Gasteiger partial charge < -0.3 is 14.2 Å². The van der Waals surface area contributed by atoms with Gasteiger partial charge in [0.15, 0.2) is 0 Å². The number of aromatic nitrogens is 2. The summed E-state index contributed by atoms with van der Waals surface area (Å²) < 4.78 is 10.6. The summed E-state index contributed by atoms with van der Waals surface area (Å²) in [6.07, 6.45) is 0. The second kappa shape index (κ2) is 7.27. The van der Waals surface area contributed by atoms with Crippen LogP contribution in [-0.4, -0.2) is 34.6 Å². The molecule has 0 saturated heterocycles. The quantitative estimate of drug-likeness (QED) is 0.685. The molecule has 0 N–H and O–H groups in total. The molecule has 24 heavy (non-hydrogen) atoms. The van der Waals surface area contributed by atoms with Crippen LogP contribution in [0, 0.1) is 0 Å². The number of methoxy groups -OCH3 is 1. The molecule has 0 saturated carbocycles. The second-order valence-electron chi connectivity index (χ2n) is 5.01. The Labute approximate surface area is 143 Å². The number of amides is 1. The molecule has 7 heteroatoms. The SMILES string of the molecule is CCN(Cc1nc(-c2cccs2)no1)C(=O)c1ccccc1OC. The number of rotatable bonds is 6. The zero-order chi connectivity index (χ0) is 16.9. The highest BCUT2D eigenvalue weighted by Crippen LogP contribution is 2.23. The van der Waals surface area contributed by atoms with Crippen molar-refractivity contribution in [2.45, 2.75) is 13.5 Å². The van der Waals surface area contributed by atoms with Gasteiger partial charge >= 0.3 is 0 Å². The first-order chi connectivity index (χ1) is 11.7. The van der Waals surface area contributed by atoms with Gasteiger partial charge in [-0.25, -0.2) is 0 Å². The topological polar surface area (TPSA) is 68.5 Å². The summed E-state index contributed by atoms with van der Waals surface area (Å²) in [7, 11) is 1.55. The van der Waals surface area contributed by atoms with Crippen LogP contribution in [0.4, 0.5) is 0 Å². The molecule has 0 unspecified atom stereocenters. The van der Waals surface area contributed by atoms with Gasteiger partial charge in [-0.3, -0.25) is 4.79 Å². The van der Waals surface area contributed by atoms with Gasteiger partial charge in [0.05, 0.1) is 17.6 Å². The molecule has 0 atom stereocenters. The number of carbonyl (C=O) groups is 1. The first kappa shape index (κ1) is 16.2. The van der Waals surface area contributed by atoms with Crippen molar-refractivity contribution in [3.63, 3.8) is 0 Å². The normalized spacial score (nSPS) is 10.6. The Balaban J connectivity index is 1.78. The molecule has 1 aromatic carbocycles. The third-order valence-corrected chi connectivity index (χ3v) is 4.41. The van der Waals surface area contributed by atoms with Gasteiger partial charge in [-0.15, -0.1) is 11.3 Å². The van der Waals surface area contributed by atoms with Crippen molar-refractivity contribution in [1.29, 1.82) is 0 Å². The first-order valence-electron chi connectivity index (χ1n) is 7.51. The second-order valence-corrected chi connectivity index (χ2v) is 5.96. The van der Waals surface area contributed by atoms with Gasteiger partial charge in [0.1, 0.15) is 12.3 Å². The van der Waals surface area contributed by atoms with Gasteiger partial charge in [-0.05, 0) is 30.5 Å². The highest BCUT2D eigenvalue weighted by atomic mass is 32.1.